The predicted molar refractivity (Wildman–Crippen MR) is 146 cm³/mol. The second-order valence-corrected chi connectivity index (χ2v) is 10.6. The maximum absolute atomic E-state index is 14.0. The Morgan fingerprint density at radius 3 is 2.31 bits per heavy atom. The van der Waals surface area contributed by atoms with Crippen molar-refractivity contribution in [2.45, 2.75) is 115 Å². The van der Waals surface area contributed by atoms with Crippen LogP contribution in [0.25, 0.3) is 11.0 Å². The normalized spacial score (nSPS) is 17.6. The van der Waals surface area contributed by atoms with Crippen LogP contribution in [-0.4, -0.2) is 44.9 Å². The zero-order valence-corrected chi connectivity index (χ0v) is 22.1. The zero-order chi connectivity index (χ0) is 25.2. The van der Waals surface area contributed by atoms with Gasteiger partial charge in [0.15, 0.2) is 0 Å². The molecule has 0 saturated heterocycles. The molecule has 0 bridgehead atoms. The number of fused-ring (bicyclic) bond motifs is 1. The highest BCUT2D eigenvalue weighted by atomic mass is 16.2. The Morgan fingerprint density at radius 1 is 0.972 bits per heavy atom. The van der Waals surface area contributed by atoms with Gasteiger partial charge in [0.1, 0.15) is 12.4 Å². The first kappa shape index (κ1) is 26.4. The van der Waals surface area contributed by atoms with E-state index in [0.29, 0.717) is 25.2 Å². The molecule has 1 aromatic carbocycles. The minimum Gasteiger partial charge on any atom is -0.353 e. The third-order valence-electron chi connectivity index (χ3n) is 7.95. The lowest BCUT2D eigenvalue weighted by atomic mass is 9.88. The van der Waals surface area contributed by atoms with Gasteiger partial charge in [-0.05, 0) is 63.7 Å². The Bertz CT molecular complexity index is 997. The van der Waals surface area contributed by atoms with Gasteiger partial charge in [-0.1, -0.05) is 63.2 Å². The fourth-order valence-corrected chi connectivity index (χ4v) is 6.14. The number of nitrogens with one attached hydrogen (secondary N) is 1. The smallest absolute Gasteiger partial charge is 0.243 e. The fourth-order valence-electron chi connectivity index (χ4n) is 6.14. The number of unbranched alkanes of at least 4 members (excludes halogenated alkanes) is 2. The molecule has 196 valence electrons. The van der Waals surface area contributed by atoms with E-state index in [0.717, 1.165) is 68.2 Å². The average Bonchev–Trinajstić information content (AvgIpc) is 3.24. The summed E-state index contributed by atoms with van der Waals surface area (Å²) in [6, 6.07) is 9.03. The van der Waals surface area contributed by atoms with Crippen molar-refractivity contribution in [3.63, 3.8) is 0 Å². The molecule has 4 rings (SSSR count). The van der Waals surface area contributed by atoms with Crippen molar-refractivity contribution >= 4 is 22.8 Å². The van der Waals surface area contributed by atoms with Crippen molar-refractivity contribution < 1.29 is 9.59 Å². The Labute approximate surface area is 216 Å². The fraction of sp³-hybridized carbons (Fsp3) is 0.633. The number of benzene rings is 1. The van der Waals surface area contributed by atoms with Gasteiger partial charge in [-0.25, -0.2) is 4.98 Å². The first-order valence-electron chi connectivity index (χ1n) is 14.3. The molecule has 2 aliphatic carbocycles. The summed E-state index contributed by atoms with van der Waals surface area (Å²) in [6.07, 6.45) is 19.3. The Balaban J connectivity index is 1.44. The van der Waals surface area contributed by atoms with Crippen LogP contribution in [0.5, 0.6) is 0 Å². The highest BCUT2D eigenvalue weighted by Crippen LogP contribution is 2.31. The second-order valence-electron chi connectivity index (χ2n) is 10.6. The highest BCUT2D eigenvalue weighted by molar-refractivity contribution is 5.87. The molecule has 6 heteroatoms. The van der Waals surface area contributed by atoms with Crippen LogP contribution in [-0.2, 0) is 22.6 Å². The lowest BCUT2D eigenvalue weighted by Gasteiger charge is -2.42. The van der Waals surface area contributed by atoms with Crippen LogP contribution in [0, 0.1) is 0 Å². The standard InChI is InChI=1S/C30H44N4O2/c1-2-14-29(35)31-22-13-5-10-21-28-32-26-19-11-12-20-27(26)33(28)23-30(36)34(24-15-6-3-7-16-24)25-17-8-4-9-18-25/h2,11-12,14,19-20,24-25H,3-10,13,15-18,21-23H2,1H3,(H,31,35)/b14-2+. The van der Waals surface area contributed by atoms with E-state index in [-0.39, 0.29) is 11.8 Å². The van der Waals surface area contributed by atoms with E-state index in [1.165, 1.54) is 38.5 Å². The first-order chi connectivity index (χ1) is 17.7. The van der Waals surface area contributed by atoms with Gasteiger partial charge in [0.25, 0.3) is 0 Å². The Morgan fingerprint density at radius 2 is 1.64 bits per heavy atom. The monoisotopic (exact) mass is 492 g/mol. The number of para-hydroxylation sites is 2. The lowest BCUT2D eigenvalue weighted by Crippen LogP contribution is -2.50. The van der Waals surface area contributed by atoms with Crippen LogP contribution >= 0.6 is 0 Å². The van der Waals surface area contributed by atoms with Crippen LogP contribution in [0.1, 0.15) is 96.2 Å². The van der Waals surface area contributed by atoms with Crippen molar-refractivity contribution in [1.82, 2.24) is 19.8 Å². The third kappa shape index (κ3) is 6.98. The summed E-state index contributed by atoms with van der Waals surface area (Å²) < 4.78 is 2.18. The number of allylic oxidation sites excluding steroid dienone is 1. The van der Waals surface area contributed by atoms with Gasteiger partial charge in [-0.15, -0.1) is 0 Å². The molecule has 0 unspecified atom stereocenters. The number of aryl methyl sites for hydroxylation is 1. The molecule has 2 saturated carbocycles. The number of nitrogens with zero attached hydrogens (tertiary/aromatic N) is 3. The molecule has 0 spiro atoms. The van der Waals surface area contributed by atoms with E-state index in [9.17, 15) is 9.59 Å². The highest BCUT2D eigenvalue weighted by Gasteiger charge is 2.32. The SMILES string of the molecule is C/C=C/C(=O)NCCCCCc1nc2ccccc2n1CC(=O)N(C1CCCCC1)C1CCCCC1. The number of carbonyl (C=O) groups excluding carboxylic acids is 2. The maximum Gasteiger partial charge on any atom is 0.243 e. The molecule has 2 amide bonds. The molecule has 0 radical (unpaired) electrons. The van der Waals surface area contributed by atoms with Crippen molar-refractivity contribution in [2.75, 3.05) is 6.54 Å². The predicted octanol–water partition coefficient (Wildman–Crippen LogP) is 5.94. The molecule has 0 aliphatic heterocycles. The third-order valence-corrected chi connectivity index (χ3v) is 7.95. The van der Waals surface area contributed by atoms with E-state index in [4.69, 9.17) is 4.98 Å². The molecule has 1 N–H and O–H groups in total. The number of imidazole rings is 1. The minimum absolute atomic E-state index is 0.0294. The molecule has 2 aliphatic rings. The number of carbonyl (C=O) groups is 2. The molecule has 1 aromatic heterocycles. The molecule has 36 heavy (non-hydrogen) atoms. The Hall–Kier alpha value is -2.63. The average molecular weight is 493 g/mol. The van der Waals surface area contributed by atoms with Gasteiger partial charge in [-0.3, -0.25) is 9.59 Å². The summed E-state index contributed by atoms with van der Waals surface area (Å²) in [6.45, 7) is 2.93. The zero-order valence-electron chi connectivity index (χ0n) is 22.1. The summed E-state index contributed by atoms with van der Waals surface area (Å²) >= 11 is 0. The maximum atomic E-state index is 14.0. The summed E-state index contributed by atoms with van der Waals surface area (Å²) in [5, 5.41) is 2.92. The van der Waals surface area contributed by atoms with E-state index in [2.05, 4.69) is 26.9 Å². The van der Waals surface area contributed by atoms with Crippen molar-refractivity contribution in [3.05, 3.63) is 42.2 Å². The number of hydrogen-bond acceptors (Lipinski definition) is 3. The van der Waals surface area contributed by atoms with E-state index >= 15 is 0 Å². The number of aromatic nitrogens is 2. The molecule has 0 atom stereocenters. The van der Waals surface area contributed by atoms with Crippen molar-refractivity contribution in [1.29, 1.82) is 0 Å². The first-order valence-corrected chi connectivity index (χ1v) is 14.3. The molecule has 2 fully saturated rings. The molecule has 2 aromatic rings. The molecular formula is C30H44N4O2. The molecule has 6 nitrogen and oxygen atoms in total. The number of hydrogen-bond donors (Lipinski definition) is 1. The molecular weight excluding hydrogens is 448 g/mol. The van der Waals surface area contributed by atoms with Crippen LogP contribution < -0.4 is 5.32 Å². The van der Waals surface area contributed by atoms with Gasteiger partial charge >= 0.3 is 0 Å². The second kappa shape index (κ2) is 13.6. The number of amides is 2. The van der Waals surface area contributed by atoms with E-state index < -0.39 is 0 Å². The van der Waals surface area contributed by atoms with Gasteiger partial charge in [0, 0.05) is 25.0 Å². The van der Waals surface area contributed by atoms with Crippen LogP contribution in [0.2, 0.25) is 0 Å². The van der Waals surface area contributed by atoms with Gasteiger partial charge in [0.2, 0.25) is 11.8 Å². The van der Waals surface area contributed by atoms with E-state index in [1.54, 1.807) is 12.2 Å². The number of rotatable bonds is 11. The van der Waals surface area contributed by atoms with Gasteiger partial charge in [-0.2, -0.15) is 0 Å². The minimum atomic E-state index is -0.0294. The summed E-state index contributed by atoms with van der Waals surface area (Å²) in [5.74, 6) is 1.26. The summed E-state index contributed by atoms with van der Waals surface area (Å²) in [5.41, 5.74) is 2.03. The quantitative estimate of drug-likeness (QED) is 0.312. The molecule has 1 heterocycles. The summed E-state index contributed by atoms with van der Waals surface area (Å²) in [7, 11) is 0. The van der Waals surface area contributed by atoms with Crippen molar-refractivity contribution in [2.24, 2.45) is 0 Å². The van der Waals surface area contributed by atoms with E-state index in [1.807, 2.05) is 19.1 Å². The Kier molecular flexibility index (Phi) is 10.00. The lowest BCUT2D eigenvalue weighted by molar-refractivity contribution is -0.138. The van der Waals surface area contributed by atoms with Gasteiger partial charge in [0.05, 0.1) is 11.0 Å². The van der Waals surface area contributed by atoms with Crippen molar-refractivity contribution in [3.8, 4) is 0 Å². The van der Waals surface area contributed by atoms with Crippen LogP contribution in [0.3, 0.4) is 0 Å². The van der Waals surface area contributed by atoms with Crippen LogP contribution in [0.4, 0.5) is 0 Å². The largest absolute Gasteiger partial charge is 0.353 e. The topological polar surface area (TPSA) is 67.2 Å². The summed E-state index contributed by atoms with van der Waals surface area (Å²) in [4.78, 5) is 32.8. The van der Waals surface area contributed by atoms with Crippen LogP contribution in [0.15, 0.2) is 36.4 Å². The van der Waals surface area contributed by atoms with Gasteiger partial charge < -0.3 is 14.8 Å².